The van der Waals surface area contributed by atoms with E-state index in [1.54, 1.807) is 6.07 Å². The van der Waals surface area contributed by atoms with Crippen molar-refractivity contribution in [2.45, 2.75) is 20.8 Å². The lowest BCUT2D eigenvalue weighted by Crippen LogP contribution is -2.09. The van der Waals surface area contributed by atoms with E-state index < -0.39 is 5.97 Å². The summed E-state index contributed by atoms with van der Waals surface area (Å²) in [4.78, 5) is 17.4. The van der Waals surface area contributed by atoms with Gasteiger partial charge in [0.1, 0.15) is 16.3 Å². The smallest absolute Gasteiger partial charge is 0.341 e. The summed E-state index contributed by atoms with van der Waals surface area (Å²) in [6.45, 7) is 6.87. The fourth-order valence-corrected chi connectivity index (χ4v) is 4.19. The average Bonchev–Trinajstić information content (AvgIpc) is 3.34. The Labute approximate surface area is 203 Å². The number of benzene rings is 2. The monoisotopic (exact) mass is 483 g/mol. The highest BCUT2D eigenvalue weighted by atomic mass is 32.1. The van der Waals surface area contributed by atoms with Gasteiger partial charge in [0.15, 0.2) is 18.3 Å². The Hall–Kier alpha value is -3.36. The molecule has 34 heavy (non-hydrogen) atoms. The molecule has 0 saturated carbocycles. The van der Waals surface area contributed by atoms with Crippen molar-refractivity contribution in [3.8, 4) is 39.1 Å². The number of nitrogens with zero attached hydrogens (tertiary/aromatic N) is 1. The second-order valence-corrected chi connectivity index (χ2v) is 7.91. The van der Waals surface area contributed by atoms with Gasteiger partial charge in [0.2, 0.25) is 0 Å². The number of aromatic nitrogens is 1. The van der Waals surface area contributed by atoms with Crippen LogP contribution in [0.4, 0.5) is 0 Å². The average molecular weight is 484 g/mol. The van der Waals surface area contributed by atoms with Crippen LogP contribution in [-0.4, -0.2) is 45.2 Å². The zero-order valence-corrected chi connectivity index (χ0v) is 20.9. The van der Waals surface area contributed by atoms with Gasteiger partial charge in [-0.3, -0.25) is 0 Å². The van der Waals surface area contributed by atoms with Crippen molar-refractivity contribution in [3.05, 3.63) is 52.9 Å². The van der Waals surface area contributed by atoms with Gasteiger partial charge < -0.3 is 23.7 Å². The molecule has 0 aliphatic heterocycles. The van der Waals surface area contributed by atoms with Gasteiger partial charge in [-0.15, -0.1) is 11.3 Å². The molecule has 0 aliphatic rings. The number of rotatable bonds is 11. The van der Waals surface area contributed by atoms with E-state index in [1.165, 1.54) is 25.6 Å². The third-order valence-electron chi connectivity index (χ3n) is 4.78. The van der Waals surface area contributed by atoms with Crippen LogP contribution in [0.3, 0.4) is 0 Å². The van der Waals surface area contributed by atoms with E-state index in [0.717, 1.165) is 27.4 Å². The van der Waals surface area contributed by atoms with Crippen molar-refractivity contribution in [1.82, 2.24) is 4.98 Å². The van der Waals surface area contributed by atoms with E-state index in [1.807, 2.05) is 62.6 Å². The minimum atomic E-state index is -0.498. The van der Waals surface area contributed by atoms with Crippen LogP contribution in [0.15, 0.2) is 41.8 Å². The molecule has 3 aromatic rings. The highest BCUT2D eigenvalue weighted by molar-refractivity contribution is 7.13. The van der Waals surface area contributed by atoms with Gasteiger partial charge in [-0.2, -0.15) is 0 Å². The van der Waals surface area contributed by atoms with E-state index in [2.05, 4.69) is 0 Å². The maximum Gasteiger partial charge on any atom is 0.341 e. The van der Waals surface area contributed by atoms with E-state index in [9.17, 15) is 4.79 Å². The number of methoxy groups -OCH3 is 2. The predicted molar refractivity (Wildman–Crippen MR) is 134 cm³/mol. The minimum Gasteiger partial charge on any atom is -0.490 e. The molecule has 0 fully saturated rings. The molecule has 0 amide bonds. The topological polar surface area (TPSA) is 76.1 Å². The van der Waals surface area contributed by atoms with E-state index in [4.69, 9.17) is 28.7 Å². The zero-order valence-electron chi connectivity index (χ0n) is 20.0. The van der Waals surface area contributed by atoms with Gasteiger partial charge in [0.25, 0.3) is 0 Å². The molecule has 0 radical (unpaired) electrons. The number of allylic oxidation sites excluding steroid dienone is 1. The van der Waals surface area contributed by atoms with Gasteiger partial charge in [-0.1, -0.05) is 12.2 Å². The predicted octanol–water partition coefficient (Wildman–Crippen LogP) is 6.08. The number of hydrogen-bond acceptors (Lipinski definition) is 8. The van der Waals surface area contributed by atoms with Gasteiger partial charge >= 0.3 is 5.97 Å². The molecule has 1 heterocycles. The second kappa shape index (κ2) is 12.2. The van der Waals surface area contributed by atoms with Crippen LogP contribution in [-0.2, 0) is 9.47 Å². The van der Waals surface area contributed by atoms with Crippen molar-refractivity contribution in [3.63, 3.8) is 0 Å². The minimum absolute atomic E-state index is 0.00858. The summed E-state index contributed by atoms with van der Waals surface area (Å²) in [7, 11) is 2.86. The van der Waals surface area contributed by atoms with Crippen LogP contribution >= 0.6 is 11.3 Å². The molecule has 0 atom stereocenters. The molecule has 3 rings (SSSR count). The standard InChI is InChI=1S/C26H29NO6S/c1-6-9-17-12-19(13-20(26(28)30-5)24(17)33-16-29-4)21-15-34-25(27-21)18-10-11-22(31-7-2)23(14-18)32-8-3/h6,9-15H,7-8,16H2,1-5H3. The first kappa shape index (κ1) is 25.3. The summed E-state index contributed by atoms with van der Waals surface area (Å²) in [5, 5.41) is 2.78. The molecular weight excluding hydrogens is 454 g/mol. The highest BCUT2D eigenvalue weighted by Gasteiger charge is 2.20. The summed E-state index contributed by atoms with van der Waals surface area (Å²) < 4.78 is 27.2. The summed E-state index contributed by atoms with van der Waals surface area (Å²) in [6, 6.07) is 9.45. The van der Waals surface area contributed by atoms with Crippen LogP contribution in [0.2, 0.25) is 0 Å². The van der Waals surface area contributed by atoms with E-state index in [0.29, 0.717) is 36.0 Å². The first-order valence-electron chi connectivity index (χ1n) is 10.9. The number of thiazole rings is 1. The van der Waals surface area contributed by atoms with Crippen molar-refractivity contribution in [1.29, 1.82) is 0 Å². The Morgan fingerprint density at radius 3 is 2.44 bits per heavy atom. The lowest BCUT2D eigenvalue weighted by Gasteiger charge is -2.14. The fourth-order valence-electron chi connectivity index (χ4n) is 3.37. The summed E-state index contributed by atoms with van der Waals surface area (Å²) in [5.74, 6) is 1.29. The molecule has 0 N–H and O–H groups in total. The maximum absolute atomic E-state index is 12.5. The van der Waals surface area contributed by atoms with E-state index >= 15 is 0 Å². The lowest BCUT2D eigenvalue weighted by molar-refractivity contribution is 0.0464. The summed E-state index contributed by atoms with van der Waals surface area (Å²) >= 11 is 1.51. The molecule has 0 aliphatic carbocycles. The lowest BCUT2D eigenvalue weighted by atomic mass is 10.0. The largest absolute Gasteiger partial charge is 0.490 e. The van der Waals surface area contributed by atoms with E-state index in [-0.39, 0.29) is 6.79 Å². The van der Waals surface area contributed by atoms with Gasteiger partial charge in [-0.25, -0.2) is 9.78 Å². The fraction of sp³-hybridized carbons (Fsp3) is 0.308. The number of hydrogen-bond donors (Lipinski definition) is 0. The van der Waals surface area contributed by atoms with Gasteiger partial charge in [-0.05, 0) is 51.1 Å². The Balaban J connectivity index is 2.05. The molecule has 8 heteroatoms. The molecule has 0 bridgehead atoms. The van der Waals surface area contributed by atoms with Crippen molar-refractivity contribution < 1.29 is 28.5 Å². The number of esters is 1. The molecular formula is C26H29NO6S. The third kappa shape index (κ3) is 5.76. The van der Waals surface area contributed by atoms with Crippen LogP contribution < -0.4 is 14.2 Å². The maximum atomic E-state index is 12.5. The van der Waals surface area contributed by atoms with Gasteiger partial charge in [0, 0.05) is 29.2 Å². The first-order chi connectivity index (χ1) is 16.6. The van der Waals surface area contributed by atoms with Gasteiger partial charge in [0.05, 0.1) is 26.0 Å². The number of ether oxygens (including phenoxy) is 5. The number of carbonyl (C=O) groups is 1. The van der Waals surface area contributed by atoms with Crippen LogP contribution in [0, 0.1) is 0 Å². The van der Waals surface area contributed by atoms with Crippen molar-refractivity contribution in [2.24, 2.45) is 0 Å². The van der Waals surface area contributed by atoms with Crippen LogP contribution in [0.25, 0.3) is 27.9 Å². The first-order valence-corrected chi connectivity index (χ1v) is 11.8. The molecule has 0 spiro atoms. The van der Waals surface area contributed by atoms with Crippen LogP contribution in [0.1, 0.15) is 36.7 Å². The Kier molecular flexibility index (Phi) is 9.07. The number of carbonyl (C=O) groups excluding carboxylic acids is 1. The van der Waals surface area contributed by atoms with Crippen molar-refractivity contribution >= 4 is 23.4 Å². The Morgan fingerprint density at radius 1 is 1.00 bits per heavy atom. The molecule has 0 saturated heterocycles. The quantitative estimate of drug-likeness (QED) is 0.242. The molecule has 1 aromatic heterocycles. The van der Waals surface area contributed by atoms with Crippen LogP contribution in [0.5, 0.6) is 17.2 Å². The molecule has 7 nitrogen and oxygen atoms in total. The SMILES string of the molecule is CC=Cc1cc(-c2csc(-c3ccc(OCC)c(OCC)c3)n2)cc(C(=O)OC)c1OCOC. The zero-order chi connectivity index (χ0) is 24.5. The molecule has 180 valence electrons. The molecule has 0 unspecified atom stereocenters. The third-order valence-corrected chi connectivity index (χ3v) is 5.67. The van der Waals surface area contributed by atoms with Crippen molar-refractivity contribution in [2.75, 3.05) is 34.2 Å². The normalized spacial score (nSPS) is 11.0. The molecule has 2 aromatic carbocycles. The second-order valence-electron chi connectivity index (χ2n) is 7.05. The Morgan fingerprint density at radius 2 is 1.76 bits per heavy atom. The Bertz CT molecular complexity index is 1150. The summed E-state index contributed by atoms with van der Waals surface area (Å²) in [5.41, 5.74) is 3.47. The summed E-state index contributed by atoms with van der Waals surface area (Å²) in [6.07, 6.45) is 3.75. The highest BCUT2D eigenvalue weighted by Crippen LogP contribution is 2.37.